The number of hydrogen-bond donors (Lipinski definition) is 1. The summed E-state index contributed by atoms with van der Waals surface area (Å²) in [5.41, 5.74) is 0.332. The molecule has 0 amide bonds. The molecule has 0 heterocycles. The molecule has 2 radical (unpaired) electrons. The Morgan fingerprint density at radius 1 is 1.00 bits per heavy atom. The Kier molecular flexibility index (Phi) is 3.63. The van der Waals surface area contributed by atoms with Gasteiger partial charge in [0.2, 0.25) is 0 Å². The second-order valence-electron chi connectivity index (χ2n) is 2.87. The second kappa shape index (κ2) is 4.55. The SMILES string of the molecule is O=C(O)c1ccc2ccccc2c1.[PbH2]. The molecular weight excluding hydrogens is 371 g/mol. The molecule has 0 saturated heterocycles. The zero-order valence-electron chi connectivity index (χ0n) is 7.60. The van der Waals surface area contributed by atoms with E-state index in [9.17, 15) is 4.79 Å². The topological polar surface area (TPSA) is 37.3 Å². The van der Waals surface area contributed by atoms with Gasteiger partial charge in [-0.2, -0.15) is 0 Å². The number of benzene rings is 2. The molecule has 0 aromatic heterocycles. The van der Waals surface area contributed by atoms with Crippen molar-refractivity contribution in [3.8, 4) is 0 Å². The molecule has 0 aliphatic rings. The van der Waals surface area contributed by atoms with Gasteiger partial charge in [0.05, 0.1) is 5.56 Å². The van der Waals surface area contributed by atoms with Crippen molar-refractivity contribution < 1.29 is 9.90 Å². The van der Waals surface area contributed by atoms with E-state index < -0.39 is 5.97 Å². The van der Waals surface area contributed by atoms with Gasteiger partial charge in [0.25, 0.3) is 0 Å². The molecule has 2 nitrogen and oxygen atoms in total. The van der Waals surface area contributed by atoms with Crippen LogP contribution in [0, 0.1) is 0 Å². The van der Waals surface area contributed by atoms with Crippen LogP contribution >= 0.6 is 0 Å². The van der Waals surface area contributed by atoms with E-state index in [1.807, 2.05) is 30.3 Å². The molecule has 0 spiro atoms. The Bertz CT molecular complexity index is 466. The van der Waals surface area contributed by atoms with Gasteiger partial charge in [-0.3, -0.25) is 0 Å². The number of carbonyl (C=O) groups is 1. The fourth-order valence-corrected chi connectivity index (χ4v) is 1.32. The molecule has 0 bridgehead atoms. The van der Waals surface area contributed by atoms with E-state index in [4.69, 9.17) is 5.11 Å². The molecule has 14 heavy (non-hydrogen) atoms. The van der Waals surface area contributed by atoms with E-state index in [-0.39, 0.29) is 27.3 Å². The standard InChI is InChI=1S/C11H8O2.Pb.2H/c12-11(13)10-6-5-8-3-1-2-4-9(8)7-10;;;/h1-7H,(H,12,13);;;. The van der Waals surface area contributed by atoms with Crippen molar-refractivity contribution in [2.75, 3.05) is 0 Å². The van der Waals surface area contributed by atoms with Crippen molar-refractivity contribution in [3.05, 3.63) is 48.0 Å². The summed E-state index contributed by atoms with van der Waals surface area (Å²) in [4.78, 5) is 10.6. The van der Waals surface area contributed by atoms with Gasteiger partial charge in [-0.1, -0.05) is 30.3 Å². The molecule has 0 unspecified atom stereocenters. The molecule has 2 rings (SSSR count). The molecule has 0 fully saturated rings. The Balaban J connectivity index is 0.000000980. The molecule has 2 aromatic rings. The summed E-state index contributed by atoms with van der Waals surface area (Å²) in [7, 11) is 0. The van der Waals surface area contributed by atoms with Crippen molar-refractivity contribution in [2.24, 2.45) is 0 Å². The van der Waals surface area contributed by atoms with Gasteiger partial charge in [0.15, 0.2) is 0 Å². The Morgan fingerprint density at radius 2 is 1.64 bits per heavy atom. The number of hydrogen-bond acceptors (Lipinski definition) is 1. The summed E-state index contributed by atoms with van der Waals surface area (Å²) in [5.74, 6) is -0.884. The summed E-state index contributed by atoms with van der Waals surface area (Å²) in [6.07, 6.45) is 0. The summed E-state index contributed by atoms with van der Waals surface area (Å²) in [5, 5.41) is 10.8. The van der Waals surface area contributed by atoms with Gasteiger partial charge in [0.1, 0.15) is 0 Å². The monoisotopic (exact) mass is 382 g/mol. The molecule has 0 aliphatic heterocycles. The third-order valence-corrected chi connectivity index (χ3v) is 2.00. The minimum absolute atomic E-state index is 0. The number of aromatic carboxylic acids is 1. The van der Waals surface area contributed by atoms with Gasteiger partial charge in [-0.15, -0.1) is 0 Å². The van der Waals surface area contributed by atoms with Gasteiger partial charge in [0, 0.05) is 0 Å². The fraction of sp³-hybridized carbons (Fsp3) is 0. The molecule has 1 N–H and O–H groups in total. The third kappa shape index (κ3) is 2.12. The normalized spacial score (nSPS) is 9.43. The van der Waals surface area contributed by atoms with Crippen molar-refractivity contribution >= 4 is 44.0 Å². The van der Waals surface area contributed by atoms with Crippen molar-refractivity contribution in [2.45, 2.75) is 0 Å². The zero-order chi connectivity index (χ0) is 9.26. The van der Waals surface area contributed by atoms with Crippen LogP contribution in [0.5, 0.6) is 0 Å². The molecule has 0 aliphatic carbocycles. The summed E-state index contributed by atoms with van der Waals surface area (Å²) in [6.45, 7) is 0. The Hall–Kier alpha value is -0.908. The maximum absolute atomic E-state index is 10.6. The van der Waals surface area contributed by atoms with E-state index in [1.165, 1.54) is 0 Å². The zero-order valence-corrected chi connectivity index (χ0v) is 13.1. The number of carboxylic acid groups (broad SMARTS) is 1. The summed E-state index contributed by atoms with van der Waals surface area (Å²) < 4.78 is 0. The maximum atomic E-state index is 10.6. The van der Waals surface area contributed by atoms with Gasteiger partial charge in [-0.25, -0.2) is 4.79 Å². The Morgan fingerprint density at radius 3 is 2.29 bits per heavy atom. The average Bonchev–Trinajstić information content (AvgIpc) is 2.17. The van der Waals surface area contributed by atoms with E-state index in [2.05, 4.69) is 0 Å². The molecule has 2 aromatic carbocycles. The number of rotatable bonds is 1. The van der Waals surface area contributed by atoms with Crippen molar-refractivity contribution in [3.63, 3.8) is 0 Å². The Labute approximate surface area is 102 Å². The van der Waals surface area contributed by atoms with Gasteiger partial charge < -0.3 is 5.11 Å². The predicted molar refractivity (Wildman–Crippen MR) is 59.5 cm³/mol. The number of carboxylic acids is 1. The van der Waals surface area contributed by atoms with Gasteiger partial charge >= 0.3 is 33.3 Å². The van der Waals surface area contributed by atoms with Crippen LogP contribution in [-0.4, -0.2) is 38.4 Å². The predicted octanol–water partition coefficient (Wildman–Crippen LogP) is 1.62. The van der Waals surface area contributed by atoms with Crippen LogP contribution in [0.3, 0.4) is 0 Å². The summed E-state index contributed by atoms with van der Waals surface area (Å²) >= 11 is 0. The van der Waals surface area contributed by atoms with Crippen LogP contribution in [0.25, 0.3) is 10.8 Å². The van der Waals surface area contributed by atoms with Crippen molar-refractivity contribution in [1.82, 2.24) is 0 Å². The first kappa shape index (κ1) is 11.2. The quantitative estimate of drug-likeness (QED) is 0.763. The van der Waals surface area contributed by atoms with Crippen LogP contribution in [-0.2, 0) is 0 Å². The second-order valence-corrected chi connectivity index (χ2v) is 2.87. The first-order valence-corrected chi connectivity index (χ1v) is 3.99. The van der Waals surface area contributed by atoms with E-state index in [0.717, 1.165) is 10.8 Å². The van der Waals surface area contributed by atoms with Crippen LogP contribution < -0.4 is 0 Å². The first-order chi connectivity index (χ1) is 6.27. The van der Waals surface area contributed by atoms with Crippen LogP contribution in [0.1, 0.15) is 10.4 Å². The van der Waals surface area contributed by atoms with E-state index in [1.54, 1.807) is 12.1 Å². The molecular formula is C11H10O2Pb. The van der Waals surface area contributed by atoms with E-state index in [0.29, 0.717) is 5.56 Å². The minimum atomic E-state index is -0.884. The average molecular weight is 381 g/mol. The molecule has 70 valence electrons. The summed E-state index contributed by atoms with van der Waals surface area (Å²) in [6, 6.07) is 12.8. The molecule has 0 atom stereocenters. The van der Waals surface area contributed by atoms with E-state index >= 15 is 0 Å². The van der Waals surface area contributed by atoms with Gasteiger partial charge in [-0.05, 0) is 22.9 Å². The van der Waals surface area contributed by atoms with Crippen LogP contribution in [0.15, 0.2) is 42.5 Å². The first-order valence-electron chi connectivity index (χ1n) is 3.99. The molecule has 3 heteroatoms. The third-order valence-electron chi connectivity index (χ3n) is 2.00. The molecule has 0 saturated carbocycles. The van der Waals surface area contributed by atoms with Crippen LogP contribution in [0.2, 0.25) is 0 Å². The van der Waals surface area contributed by atoms with Crippen LogP contribution in [0.4, 0.5) is 0 Å². The fourth-order valence-electron chi connectivity index (χ4n) is 1.32. The van der Waals surface area contributed by atoms with Crippen molar-refractivity contribution in [1.29, 1.82) is 0 Å². The number of fused-ring (bicyclic) bond motifs is 1.